The van der Waals surface area contributed by atoms with E-state index >= 15 is 0 Å². The Morgan fingerprint density at radius 3 is 2.47 bits per heavy atom. The Labute approximate surface area is 86.4 Å². The highest BCUT2D eigenvalue weighted by molar-refractivity contribution is 6.34. The molecule has 0 aromatic heterocycles. The van der Waals surface area contributed by atoms with Gasteiger partial charge in [0, 0.05) is 6.07 Å². The molecular weight excluding hydrogens is 239 g/mol. The number of nitro groups is 1. The van der Waals surface area contributed by atoms with Crippen molar-refractivity contribution in [1.82, 2.24) is 0 Å². The Balaban J connectivity index is 3.10. The van der Waals surface area contributed by atoms with Crippen LogP contribution in [0.25, 0.3) is 0 Å². The van der Waals surface area contributed by atoms with Crippen LogP contribution in [0.1, 0.15) is 0 Å². The summed E-state index contributed by atoms with van der Waals surface area (Å²) in [6, 6.07) is 2.92. The van der Waals surface area contributed by atoms with E-state index in [-0.39, 0.29) is 0 Å². The van der Waals surface area contributed by atoms with Crippen LogP contribution in [-0.4, -0.2) is 11.3 Å². The molecule has 1 aromatic carbocycles. The first-order chi connectivity index (χ1) is 6.81. The van der Waals surface area contributed by atoms with E-state index in [9.17, 15) is 23.3 Å². The van der Waals surface area contributed by atoms with Gasteiger partial charge < -0.3 is 4.74 Å². The minimum Gasteiger partial charge on any atom is -0.404 e. The van der Waals surface area contributed by atoms with E-state index in [1.165, 1.54) is 0 Å². The van der Waals surface area contributed by atoms with Crippen molar-refractivity contribution in [3.05, 3.63) is 33.3 Å². The molecule has 0 heterocycles. The molecule has 15 heavy (non-hydrogen) atoms. The molecule has 0 aliphatic carbocycles. The van der Waals surface area contributed by atoms with Gasteiger partial charge in [0.25, 0.3) is 5.69 Å². The van der Waals surface area contributed by atoms with Crippen molar-refractivity contribution in [2.45, 2.75) is 6.36 Å². The zero-order valence-corrected chi connectivity index (χ0v) is 7.67. The van der Waals surface area contributed by atoms with Gasteiger partial charge in [0.2, 0.25) is 0 Å². The second-order valence-corrected chi connectivity index (χ2v) is 2.77. The average molecular weight is 242 g/mol. The van der Waals surface area contributed by atoms with Crippen molar-refractivity contribution >= 4 is 17.3 Å². The summed E-state index contributed by atoms with van der Waals surface area (Å²) < 4.78 is 38.9. The highest BCUT2D eigenvalue weighted by Crippen LogP contribution is 2.36. The van der Waals surface area contributed by atoms with Crippen molar-refractivity contribution in [1.29, 1.82) is 0 Å². The number of nitrogens with zero attached hydrogens (tertiary/aromatic N) is 1. The van der Waals surface area contributed by atoms with E-state index < -0.39 is 27.7 Å². The minimum absolute atomic E-state index is 0.640. The zero-order valence-electron chi connectivity index (χ0n) is 6.92. The molecule has 4 nitrogen and oxygen atoms in total. The molecule has 0 aliphatic heterocycles. The van der Waals surface area contributed by atoms with Gasteiger partial charge in [-0.3, -0.25) is 10.1 Å². The first kappa shape index (κ1) is 11.6. The number of nitro benzene ring substituents is 1. The number of rotatable bonds is 2. The van der Waals surface area contributed by atoms with Gasteiger partial charge in [-0.15, -0.1) is 13.2 Å². The maximum Gasteiger partial charge on any atom is 0.573 e. The fourth-order valence-electron chi connectivity index (χ4n) is 0.844. The van der Waals surface area contributed by atoms with Gasteiger partial charge in [-0.1, -0.05) is 17.7 Å². The van der Waals surface area contributed by atoms with Crippen LogP contribution in [0.4, 0.5) is 18.9 Å². The Morgan fingerprint density at radius 1 is 1.40 bits per heavy atom. The maximum absolute atomic E-state index is 11.8. The van der Waals surface area contributed by atoms with Crippen LogP contribution in [0, 0.1) is 10.1 Å². The predicted molar refractivity (Wildman–Crippen MR) is 44.8 cm³/mol. The lowest BCUT2D eigenvalue weighted by atomic mass is 10.3. The SMILES string of the molecule is O=[N+]([O-])c1cccc(OC(F)(F)F)c1Cl. The van der Waals surface area contributed by atoms with Crippen LogP contribution < -0.4 is 4.74 Å². The Hall–Kier alpha value is -1.50. The third-order valence-electron chi connectivity index (χ3n) is 1.37. The minimum atomic E-state index is -4.93. The fraction of sp³-hybridized carbons (Fsp3) is 0.143. The molecule has 0 bridgehead atoms. The zero-order chi connectivity index (χ0) is 11.6. The van der Waals surface area contributed by atoms with Crippen molar-refractivity contribution in [2.24, 2.45) is 0 Å². The number of hydrogen-bond donors (Lipinski definition) is 0. The molecule has 1 aromatic rings. The number of alkyl halides is 3. The summed E-state index contributed by atoms with van der Waals surface area (Å²) in [4.78, 5) is 9.43. The second-order valence-electron chi connectivity index (χ2n) is 2.39. The first-order valence-electron chi connectivity index (χ1n) is 3.50. The van der Waals surface area contributed by atoms with Gasteiger partial charge >= 0.3 is 6.36 Å². The lowest BCUT2D eigenvalue weighted by Crippen LogP contribution is -2.17. The van der Waals surface area contributed by atoms with Crippen molar-refractivity contribution in [2.75, 3.05) is 0 Å². The molecule has 0 amide bonds. The van der Waals surface area contributed by atoms with E-state index in [2.05, 4.69) is 4.74 Å². The molecule has 82 valence electrons. The lowest BCUT2D eigenvalue weighted by Gasteiger charge is -2.09. The van der Waals surface area contributed by atoms with Crippen LogP contribution in [0.2, 0.25) is 5.02 Å². The molecule has 8 heteroatoms. The normalized spacial score (nSPS) is 11.2. The van der Waals surface area contributed by atoms with Crippen LogP contribution in [-0.2, 0) is 0 Å². The highest BCUT2D eigenvalue weighted by Gasteiger charge is 2.33. The Kier molecular flexibility index (Phi) is 3.04. The fourth-order valence-corrected chi connectivity index (χ4v) is 1.08. The largest absolute Gasteiger partial charge is 0.573 e. The van der Waals surface area contributed by atoms with Crippen molar-refractivity contribution in [3.8, 4) is 5.75 Å². The summed E-state index contributed by atoms with van der Waals surface area (Å²) in [6.07, 6.45) is -4.93. The molecule has 0 saturated heterocycles. The van der Waals surface area contributed by atoms with Crippen LogP contribution in [0.5, 0.6) is 5.75 Å². The molecular formula is C7H3ClF3NO3. The molecule has 0 atom stereocenters. The van der Waals surface area contributed by atoms with Gasteiger partial charge in [0.15, 0.2) is 10.8 Å². The maximum atomic E-state index is 11.8. The van der Waals surface area contributed by atoms with Crippen molar-refractivity contribution < 1.29 is 22.8 Å². The number of halogens is 4. The number of benzene rings is 1. The molecule has 0 radical (unpaired) electrons. The smallest absolute Gasteiger partial charge is 0.404 e. The lowest BCUT2D eigenvalue weighted by molar-refractivity contribution is -0.384. The molecule has 0 saturated carbocycles. The monoisotopic (exact) mass is 241 g/mol. The van der Waals surface area contributed by atoms with Crippen LogP contribution in [0.15, 0.2) is 18.2 Å². The summed E-state index contributed by atoms with van der Waals surface area (Å²) in [5.74, 6) is -0.793. The summed E-state index contributed by atoms with van der Waals surface area (Å²) in [7, 11) is 0. The highest BCUT2D eigenvalue weighted by atomic mass is 35.5. The third-order valence-corrected chi connectivity index (χ3v) is 1.75. The average Bonchev–Trinajstić information content (AvgIpc) is 2.05. The third kappa shape index (κ3) is 2.98. The van der Waals surface area contributed by atoms with Gasteiger partial charge in [-0.05, 0) is 6.07 Å². The standard InChI is InChI=1S/C7H3ClF3NO3/c8-6-4(12(13)14)2-1-3-5(6)15-7(9,10)11/h1-3H. The molecule has 0 aliphatic rings. The Bertz CT molecular complexity index is 394. The molecule has 0 unspecified atom stereocenters. The predicted octanol–water partition coefficient (Wildman–Crippen LogP) is 3.15. The molecule has 0 spiro atoms. The van der Waals surface area contributed by atoms with Gasteiger partial charge in [-0.25, -0.2) is 0 Å². The second kappa shape index (κ2) is 3.93. The van der Waals surface area contributed by atoms with Crippen LogP contribution >= 0.6 is 11.6 Å². The van der Waals surface area contributed by atoms with E-state index in [0.717, 1.165) is 18.2 Å². The first-order valence-corrected chi connectivity index (χ1v) is 3.87. The summed E-state index contributed by atoms with van der Waals surface area (Å²) in [5, 5.41) is 9.64. The van der Waals surface area contributed by atoms with E-state index in [4.69, 9.17) is 11.6 Å². The number of ether oxygens (including phenoxy) is 1. The van der Waals surface area contributed by atoms with E-state index in [1.54, 1.807) is 0 Å². The van der Waals surface area contributed by atoms with Crippen molar-refractivity contribution in [3.63, 3.8) is 0 Å². The molecule has 0 fully saturated rings. The molecule has 0 N–H and O–H groups in total. The quantitative estimate of drug-likeness (QED) is 0.590. The van der Waals surface area contributed by atoms with Crippen LogP contribution in [0.3, 0.4) is 0 Å². The van der Waals surface area contributed by atoms with Gasteiger partial charge in [-0.2, -0.15) is 0 Å². The Morgan fingerprint density at radius 2 is 2.00 bits per heavy atom. The van der Waals surface area contributed by atoms with E-state index in [0.29, 0.717) is 0 Å². The van der Waals surface area contributed by atoms with Gasteiger partial charge in [0.1, 0.15) is 0 Å². The summed E-state index contributed by atoms with van der Waals surface area (Å²) in [5.41, 5.74) is -0.640. The van der Waals surface area contributed by atoms with Gasteiger partial charge in [0.05, 0.1) is 4.92 Å². The number of hydrogen-bond acceptors (Lipinski definition) is 3. The summed E-state index contributed by atoms with van der Waals surface area (Å²) in [6.45, 7) is 0. The van der Waals surface area contributed by atoms with E-state index in [1.807, 2.05) is 0 Å². The molecule has 1 rings (SSSR count). The summed E-state index contributed by atoms with van der Waals surface area (Å²) >= 11 is 5.34. The topological polar surface area (TPSA) is 52.4 Å².